The summed E-state index contributed by atoms with van der Waals surface area (Å²) >= 11 is 0. The van der Waals surface area contributed by atoms with Gasteiger partial charge in [0.1, 0.15) is 5.75 Å². The smallest absolute Gasteiger partial charge is 0.124 e. The lowest BCUT2D eigenvalue weighted by Gasteiger charge is -2.26. The molecule has 0 aliphatic carbocycles. The Morgan fingerprint density at radius 1 is 0.359 bits per heavy atom. The molecule has 312 valence electrons. The van der Waals surface area contributed by atoms with E-state index in [0.717, 1.165) is 56.1 Å². The van der Waals surface area contributed by atoms with Crippen molar-refractivity contribution in [1.82, 2.24) is 14.5 Å². The minimum absolute atomic E-state index is 0.0407. The molecule has 0 radical (unpaired) electrons. The lowest BCUT2D eigenvalue weighted by atomic mass is 9.79. The highest BCUT2D eigenvalue weighted by molar-refractivity contribution is 6.10. The summed E-state index contributed by atoms with van der Waals surface area (Å²) in [5.41, 5.74) is 17.4. The molecule has 0 bridgehead atoms. The van der Waals surface area contributed by atoms with Gasteiger partial charge in [-0.2, -0.15) is 0 Å². The van der Waals surface area contributed by atoms with Crippen molar-refractivity contribution in [3.8, 4) is 78.7 Å². The minimum atomic E-state index is -0.0407. The highest BCUT2D eigenvalue weighted by Crippen LogP contribution is 2.40. The molecule has 1 N–H and O–H groups in total. The topological polar surface area (TPSA) is 50.9 Å². The van der Waals surface area contributed by atoms with Crippen LogP contribution < -0.4 is 0 Å². The van der Waals surface area contributed by atoms with E-state index in [0.29, 0.717) is 11.3 Å². The summed E-state index contributed by atoms with van der Waals surface area (Å²) in [5, 5.41) is 13.5. The fourth-order valence-electron chi connectivity index (χ4n) is 8.79. The first-order valence-electron chi connectivity index (χ1n) is 22.1. The number of nitrogens with zero attached hydrogens (tertiary/aromatic N) is 3. The van der Waals surface area contributed by atoms with Crippen molar-refractivity contribution < 1.29 is 5.11 Å². The first-order chi connectivity index (χ1) is 30.9. The monoisotopic (exact) mass is 829 g/mol. The van der Waals surface area contributed by atoms with Gasteiger partial charge >= 0.3 is 0 Å². The van der Waals surface area contributed by atoms with E-state index in [1.807, 2.05) is 18.2 Å². The molecule has 0 saturated carbocycles. The molecular weight excluding hydrogens is 779 g/mol. The van der Waals surface area contributed by atoms with Crippen LogP contribution >= 0.6 is 0 Å². The van der Waals surface area contributed by atoms with Gasteiger partial charge in [-0.15, -0.1) is 0 Å². The molecule has 7 aromatic carbocycles. The number of rotatable bonds is 7. The van der Waals surface area contributed by atoms with Crippen LogP contribution in [0.25, 0.3) is 94.8 Å². The quantitative estimate of drug-likeness (QED) is 0.174. The van der Waals surface area contributed by atoms with Gasteiger partial charge in [0.2, 0.25) is 0 Å². The lowest BCUT2D eigenvalue weighted by Crippen LogP contribution is -2.16. The summed E-state index contributed by atoms with van der Waals surface area (Å²) in [4.78, 5) is 10.5. The zero-order valence-corrected chi connectivity index (χ0v) is 37.3. The third kappa shape index (κ3) is 7.77. The second-order valence-electron chi connectivity index (χ2n) is 18.9. The van der Waals surface area contributed by atoms with E-state index in [4.69, 9.17) is 9.97 Å². The molecule has 0 spiro atoms. The van der Waals surface area contributed by atoms with Crippen molar-refractivity contribution >= 4 is 21.8 Å². The molecule has 0 atom stereocenters. The predicted octanol–water partition coefficient (Wildman–Crippen LogP) is 15.9. The summed E-state index contributed by atoms with van der Waals surface area (Å²) in [6.07, 6.45) is 0. The van der Waals surface area contributed by atoms with E-state index in [1.54, 1.807) is 6.07 Å². The highest BCUT2D eigenvalue weighted by Gasteiger charge is 2.22. The lowest BCUT2D eigenvalue weighted by molar-refractivity contribution is 0.477. The van der Waals surface area contributed by atoms with Crippen molar-refractivity contribution in [2.45, 2.75) is 52.4 Å². The average molecular weight is 830 g/mol. The first-order valence-corrected chi connectivity index (χ1v) is 22.1. The van der Waals surface area contributed by atoms with Gasteiger partial charge in [-0.3, -0.25) is 0 Å². The molecule has 0 amide bonds. The van der Waals surface area contributed by atoms with E-state index in [-0.39, 0.29) is 16.6 Å². The Morgan fingerprint density at radius 2 is 0.906 bits per heavy atom. The van der Waals surface area contributed by atoms with Gasteiger partial charge in [-0.1, -0.05) is 169 Å². The number of aromatic hydroxyl groups is 1. The number of pyridine rings is 2. The Labute approximate surface area is 376 Å². The van der Waals surface area contributed by atoms with Gasteiger partial charge < -0.3 is 9.67 Å². The van der Waals surface area contributed by atoms with Gasteiger partial charge in [0, 0.05) is 38.7 Å². The zero-order valence-electron chi connectivity index (χ0n) is 37.3. The van der Waals surface area contributed by atoms with Crippen LogP contribution in [0.5, 0.6) is 5.75 Å². The maximum Gasteiger partial charge on any atom is 0.124 e. The van der Waals surface area contributed by atoms with Crippen LogP contribution in [0.4, 0.5) is 0 Å². The molecule has 0 unspecified atom stereocenters. The van der Waals surface area contributed by atoms with Crippen LogP contribution in [-0.4, -0.2) is 19.6 Å². The number of phenols is 1. The fourth-order valence-corrected chi connectivity index (χ4v) is 8.79. The summed E-state index contributed by atoms with van der Waals surface area (Å²) in [7, 11) is 0. The van der Waals surface area contributed by atoms with Crippen LogP contribution in [0.2, 0.25) is 0 Å². The van der Waals surface area contributed by atoms with Crippen LogP contribution in [0.1, 0.15) is 52.7 Å². The van der Waals surface area contributed by atoms with Crippen LogP contribution in [-0.2, 0) is 10.8 Å². The predicted molar refractivity (Wildman–Crippen MR) is 268 cm³/mol. The Morgan fingerprint density at radius 3 is 1.64 bits per heavy atom. The number of phenolic OH excluding ortho intramolecular Hbond substituents is 1. The van der Waals surface area contributed by atoms with Crippen molar-refractivity contribution in [2.24, 2.45) is 0 Å². The second kappa shape index (κ2) is 16.0. The largest absolute Gasteiger partial charge is 0.507 e. The third-order valence-corrected chi connectivity index (χ3v) is 12.4. The number of fused-ring (bicyclic) bond motifs is 3. The Bertz CT molecular complexity index is 3330. The second-order valence-corrected chi connectivity index (χ2v) is 18.9. The normalized spacial score (nSPS) is 12.0. The van der Waals surface area contributed by atoms with E-state index < -0.39 is 0 Å². The van der Waals surface area contributed by atoms with Gasteiger partial charge in [-0.05, 0) is 111 Å². The fraction of sp³-hybridized carbons (Fsp3) is 0.133. The number of benzene rings is 7. The van der Waals surface area contributed by atoms with E-state index in [9.17, 15) is 5.11 Å². The first kappa shape index (κ1) is 40.5. The van der Waals surface area contributed by atoms with Crippen molar-refractivity contribution in [1.29, 1.82) is 0 Å². The van der Waals surface area contributed by atoms with Crippen LogP contribution in [0.15, 0.2) is 194 Å². The van der Waals surface area contributed by atoms with E-state index in [1.165, 1.54) is 38.5 Å². The molecular formula is C60H51N3O. The van der Waals surface area contributed by atoms with E-state index in [2.05, 4.69) is 216 Å². The highest BCUT2D eigenvalue weighted by atomic mass is 16.3. The Kier molecular flexibility index (Phi) is 10.1. The number of aromatic nitrogens is 3. The van der Waals surface area contributed by atoms with Crippen molar-refractivity contribution in [2.75, 3.05) is 0 Å². The van der Waals surface area contributed by atoms with Crippen LogP contribution in [0.3, 0.4) is 0 Å². The maximum atomic E-state index is 11.1. The third-order valence-electron chi connectivity index (χ3n) is 12.4. The molecule has 10 aromatic rings. The summed E-state index contributed by atoms with van der Waals surface area (Å²) < 4.78 is 2.38. The summed E-state index contributed by atoms with van der Waals surface area (Å²) in [5.74, 6) is 0.200. The van der Waals surface area contributed by atoms with Gasteiger partial charge in [-0.25, -0.2) is 9.97 Å². The number of hydrogen-bond acceptors (Lipinski definition) is 3. The van der Waals surface area contributed by atoms with Crippen molar-refractivity contribution in [3.63, 3.8) is 0 Å². The zero-order chi connectivity index (χ0) is 44.2. The van der Waals surface area contributed by atoms with Crippen molar-refractivity contribution in [3.05, 3.63) is 205 Å². The standard InChI is InChI=1S/C60H51N3O/c1-59(2,3)46-32-44(33-47(38-46)60(4,5)6)45-35-54(62-55(36-45)51-24-11-13-28-58(51)64)42-21-14-20-41(31-42)52-25-16-26-53(61-52)43-29-30-50-49-23-10-12-27-56(49)63(57(50)37-43)48-22-15-19-40(34-48)39-17-8-7-9-18-39/h7-38,64H,1-6H3. The summed E-state index contributed by atoms with van der Waals surface area (Å²) in [6, 6.07) is 68.2. The SMILES string of the molecule is CC(C)(C)c1cc(-c2cc(-c3cccc(-c4cccc(-c5ccc6c7ccccc7n(-c7cccc(-c8ccccc8)c7)c6c5)n4)c3)nc(-c3ccccc3O)c2)cc(C(C)(C)C)c1. The maximum absolute atomic E-state index is 11.1. The molecule has 10 rings (SSSR count). The Hall–Kier alpha value is -7.56. The van der Waals surface area contributed by atoms with E-state index >= 15 is 0 Å². The number of para-hydroxylation sites is 2. The molecule has 0 saturated heterocycles. The molecule has 4 heteroatoms. The van der Waals surface area contributed by atoms with Gasteiger partial charge in [0.05, 0.1) is 33.8 Å². The minimum Gasteiger partial charge on any atom is -0.507 e. The molecule has 0 aliphatic heterocycles. The molecule has 3 aromatic heterocycles. The van der Waals surface area contributed by atoms with Gasteiger partial charge in [0.25, 0.3) is 0 Å². The summed E-state index contributed by atoms with van der Waals surface area (Å²) in [6.45, 7) is 13.6. The molecule has 0 fully saturated rings. The average Bonchev–Trinajstić information content (AvgIpc) is 3.65. The molecule has 0 aliphatic rings. The molecule has 4 nitrogen and oxygen atoms in total. The number of hydrogen-bond donors (Lipinski definition) is 1. The van der Waals surface area contributed by atoms with Crippen LogP contribution in [0, 0.1) is 0 Å². The van der Waals surface area contributed by atoms with Gasteiger partial charge in [0.15, 0.2) is 0 Å². The molecule has 3 heterocycles. The Balaban J connectivity index is 1.07. The molecule has 64 heavy (non-hydrogen) atoms.